The topological polar surface area (TPSA) is 12.0 Å². The quantitative estimate of drug-likeness (QED) is 0.833. The zero-order valence-corrected chi connectivity index (χ0v) is 12.9. The van der Waals surface area contributed by atoms with E-state index in [0.717, 1.165) is 6.54 Å². The molecule has 0 amide bonds. The van der Waals surface area contributed by atoms with Gasteiger partial charge in [-0.15, -0.1) is 0 Å². The standard InChI is InChI=1S/C20H25N/c1-20(14-8-9-15-20)21-16-19(17-10-4-2-5-11-17)18-12-6-3-7-13-18/h2-7,10-13,19,21H,8-9,14-16H2,1H3. The summed E-state index contributed by atoms with van der Waals surface area (Å²) in [6.07, 6.45) is 5.35. The van der Waals surface area contributed by atoms with Gasteiger partial charge in [-0.25, -0.2) is 0 Å². The van der Waals surface area contributed by atoms with Gasteiger partial charge >= 0.3 is 0 Å². The fourth-order valence-corrected chi connectivity index (χ4v) is 3.48. The Kier molecular flexibility index (Phi) is 4.40. The third-order valence-corrected chi connectivity index (χ3v) is 4.84. The lowest BCUT2D eigenvalue weighted by atomic mass is 9.90. The molecule has 0 atom stereocenters. The molecule has 2 aromatic carbocycles. The molecule has 0 bridgehead atoms. The molecule has 0 unspecified atom stereocenters. The van der Waals surface area contributed by atoms with Gasteiger partial charge in [0.05, 0.1) is 0 Å². The maximum absolute atomic E-state index is 3.86. The molecule has 21 heavy (non-hydrogen) atoms. The summed E-state index contributed by atoms with van der Waals surface area (Å²) in [4.78, 5) is 0. The van der Waals surface area contributed by atoms with E-state index in [0.29, 0.717) is 11.5 Å². The van der Waals surface area contributed by atoms with Crippen molar-refractivity contribution < 1.29 is 0 Å². The van der Waals surface area contributed by atoms with Crippen molar-refractivity contribution in [3.8, 4) is 0 Å². The van der Waals surface area contributed by atoms with Crippen molar-refractivity contribution in [3.63, 3.8) is 0 Å². The molecule has 1 aliphatic carbocycles. The Hall–Kier alpha value is -1.60. The van der Waals surface area contributed by atoms with Crippen LogP contribution in [0, 0.1) is 0 Å². The van der Waals surface area contributed by atoms with Crippen LogP contribution in [0.5, 0.6) is 0 Å². The summed E-state index contributed by atoms with van der Waals surface area (Å²) >= 11 is 0. The molecule has 0 aromatic heterocycles. The maximum atomic E-state index is 3.86. The fourth-order valence-electron chi connectivity index (χ4n) is 3.48. The molecule has 0 heterocycles. The van der Waals surface area contributed by atoms with Gasteiger partial charge in [-0.05, 0) is 30.9 Å². The van der Waals surface area contributed by atoms with Crippen LogP contribution >= 0.6 is 0 Å². The SMILES string of the molecule is CC1(NCC(c2ccccc2)c2ccccc2)CCCC1. The predicted octanol–water partition coefficient (Wildman–Crippen LogP) is 4.74. The fraction of sp³-hybridized carbons (Fsp3) is 0.400. The van der Waals surface area contributed by atoms with Crippen molar-refractivity contribution in [1.29, 1.82) is 0 Å². The van der Waals surface area contributed by atoms with Gasteiger partial charge in [-0.3, -0.25) is 0 Å². The Morgan fingerprint density at radius 3 is 1.81 bits per heavy atom. The van der Waals surface area contributed by atoms with Crippen LogP contribution in [0.4, 0.5) is 0 Å². The normalized spacial score (nSPS) is 17.2. The first kappa shape index (κ1) is 14.3. The van der Waals surface area contributed by atoms with E-state index in [9.17, 15) is 0 Å². The van der Waals surface area contributed by atoms with Gasteiger partial charge in [0.2, 0.25) is 0 Å². The molecule has 1 fully saturated rings. The van der Waals surface area contributed by atoms with E-state index < -0.39 is 0 Å². The Morgan fingerprint density at radius 1 is 0.857 bits per heavy atom. The van der Waals surface area contributed by atoms with Gasteiger partial charge in [-0.2, -0.15) is 0 Å². The molecule has 2 aromatic rings. The Labute approximate surface area is 128 Å². The molecule has 1 aliphatic rings. The Balaban J connectivity index is 1.80. The summed E-state index contributed by atoms with van der Waals surface area (Å²) in [5.41, 5.74) is 3.14. The zero-order valence-electron chi connectivity index (χ0n) is 12.9. The number of hydrogen-bond donors (Lipinski definition) is 1. The number of benzene rings is 2. The molecule has 0 aliphatic heterocycles. The molecular formula is C20H25N. The lowest BCUT2D eigenvalue weighted by Gasteiger charge is -2.29. The zero-order chi connectivity index (χ0) is 14.5. The van der Waals surface area contributed by atoms with E-state index in [1.807, 2.05) is 0 Å². The molecule has 3 rings (SSSR count). The first-order valence-corrected chi connectivity index (χ1v) is 8.12. The summed E-state index contributed by atoms with van der Waals surface area (Å²) < 4.78 is 0. The molecule has 110 valence electrons. The lowest BCUT2D eigenvalue weighted by molar-refractivity contribution is 0.360. The Bertz CT molecular complexity index is 501. The second-order valence-corrected chi connectivity index (χ2v) is 6.52. The van der Waals surface area contributed by atoms with Crippen molar-refractivity contribution in [1.82, 2.24) is 5.32 Å². The lowest BCUT2D eigenvalue weighted by Crippen LogP contribution is -2.41. The molecule has 0 spiro atoms. The average molecular weight is 279 g/mol. The molecule has 0 saturated heterocycles. The minimum atomic E-state index is 0.335. The van der Waals surface area contributed by atoms with Gasteiger partial charge in [0.15, 0.2) is 0 Å². The van der Waals surface area contributed by atoms with Crippen LogP contribution in [-0.4, -0.2) is 12.1 Å². The van der Waals surface area contributed by atoms with E-state index in [2.05, 4.69) is 72.9 Å². The van der Waals surface area contributed by atoms with Crippen LogP contribution in [0.15, 0.2) is 60.7 Å². The van der Waals surface area contributed by atoms with Gasteiger partial charge in [0.25, 0.3) is 0 Å². The highest BCUT2D eigenvalue weighted by Crippen LogP contribution is 2.31. The van der Waals surface area contributed by atoms with Crippen molar-refractivity contribution in [2.75, 3.05) is 6.54 Å². The second kappa shape index (κ2) is 6.44. The smallest absolute Gasteiger partial charge is 0.0214 e. The van der Waals surface area contributed by atoms with Crippen LogP contribution in [0.1, 0.15) is 49.7 Å². The minimum Gasteiger partial charge on any atom is -0.311 e. The predicted molar refractivity (Wildman–Crippen MR) is 89.6 cm³/mol. The maximum Gasteiger partial charge on any atom is 0.0214 e. The third-order valence-electron chi connectivity index (χ3n) is 4.84. The summed E-state index contributed by atoms with van der Waals surface area (Å²) in [7, 11) is 0. The van der Waals surface area contributed by atoms with E-state index >= 15 is 0 Å². The largest absolute Gasteiger partial charge is 0.311 e. The van der Waals surface area contributed by atoms with Crippen molar-refractivity contribution in [3.05, 3.63) is 71.8 Å². The van der Waals surface area contributed by atoms with Gasteiger partial charge in [0.1, 0.15) is 0 Å². The highest BCUT2D eigenvalue weighted by Gasteiger charge is 2.29. The highest BCUT2D eigenvalue weighted by atomic mass is 15.0. The first-order valence-electron chi connectivity index (χ1n) is 8.12. The van der Waals surface area contributed by atoms with E-state index in [1.165, 1.54) is 36.8 Å². The summed E-state index contributed by atoms with van der Waals surface area (Å²) in [6.45, 7) is 3.40. The number of rotatable bonds is 5. The van der Waals surface area contributed by atoms with Gasteiger partial charge < -0.3 is 5.32 Å². The average Bonchev–Trinajstić information content (AvgIpc) is 2.97. The third kappa shape index (κ3) is 3.54. The van der Waals surface area contributed by atoms with E-state index in [4.69, 9.17) is 0 Å². The summed E-state index contributed by atoms with van der Waals surface area (Å²) in [5, 5.41) is 3.86. The Morgan fingerprint density at radius 2 is 1.33 bits per heavy atom. The van der Waals surface area contributed by atoms with E-state index in [-0.39, 0.29) is 0 Å². The van der Waals surface area contributed by atoms with Crippen molar-refractivity contribution >= 4 is 0 Å². The molecule has 1 heteroatoms. The number of nitrogens with one attached hydrogen (secondary N) is 1. The van der Waals surface area contributed by atoms with Crippen LogP contribution in [-0.2, 0) is 0 Å². The first-order chi connectivity index (χ1) is 10.3. The van der Waals surface area contributed by atoms with Crippen LogP contribution < -0.4 is 5.32 Å². The number of hydrogen-bond acceptors (Lipinski definition) is 1. The summed E-state index contributed by atoms with van der Waals surface area (Å²) in [5.74, 6) is 0.435. The van der Waals surface area contributed by atoms with Crippen LogP contribution in [0.25, 0.3) is 0 Å². The molecule has 1 nitrogen and oxygen atoms in total. The van der Waals surface area contributed by atoms with Crippen LogP contribution in [0.3, 0.4) is 0 Å². The molecule has 1 saturated carbocycles. The highest BCUT2D eigenvalue weighted by molar-refractivity contribution is 5.32. The molecule has 0 radical (unpaired) electrons. The molecule has 1 N–H and O–H groups in total. The van der Waals surface area contributed by atoms with Gasteiger partial charge in [0, 0.05) is 18.0 Å². The van der Waals surface area contributed by atoms with Gasteiger partial charge in [-0.1, -0.05) is 73.5 Å². The monoisotopic (exact) mass is 279 g/mol. The molecular weight excluding hydrogens is 254 g/mol. The second-order valence-electron chi connectivity index (χ2n) is 6.52. The van der Waals surface area contributed by atoms with Crippen molar-refractivity contribution in [2.45, 2.75) is 44.1 Å². The van der Waals surface area contributed by atoms with Crippen molar-refractivity contribution in [2.24, 2.45) is 0 Å². The van der Waals surface area contributed by atoms with Crippen LogP contribution in [0.2, 0.25) is 0 Å². The van der Waals surface area contributed by atoms with E-state index in [1.54, 1.807) is 0 Å². The summed E-state index contributed by atoms with van der Waals surface area (Å²) in [6, 6.07) is 21.7. The minimum absolute atomic E-state index is 0.335.